The van der Waals surface area contributed by atoms with Gasteiger partial charge in [-0.2, -0.15) is 0 Å². The van der Waals surface area contributed by atoms with Crippen LogP contribution in [0.4, 0.5) is 4.39 Å². The highest BCUT2D eigenvalue weighted by molar-refractivity contribution is 5.96. The molecule has 1 aromatic carbocycles. The van der Waals surface area contributed by atoms with Gasteiger partial charge in [0.1, 0.15) is 17.3 Å². The standard InChI is InChI=1S/C30H29FN6O2.H2/c1-19-15-21(28-35-34-27-10-3-5-13-37(27)28)7-6-9-25(19)33-29(38)23-16-22-18-36(14-11-20(22)17-24(23)31)30(39)26-8-2-4-12-32-26;/h2,4,6-9,12,15-17,25H,3,5,10-11,13-14,18H2,1H3,(H,33,38);1H. The van der Waals surface area contributed by atoms with Gasteiger partial charge in [-0.25, -0.2) is 4.39 Å². The highest BCUT2D eigenvalue weighted by Gasteiger charge is 2.26. The number of hydrogen-bond donors (Lipinski definition) is 1. The van der Waals surface area contributed by atoms with Crippen molar-refractivity contribution in [2.45, 2.75) is 51.7 Å². The Morgan fingerprint density at radius 1 is 1.10 bits per heavy atom. The van der Waals surface area contributed by atoms with Crippen LogP contribution >= 0.6 is 0 Å². The van der Waals surface area contributed by atoms with Crippen LogP contribution in [-0.4, -0.2) is 49.0 Å². The predicted octanol–water partition coefficient (Wildman–Crippen LogP) is 4.29. The minimum absolute atomic E-state index is 0. The van der Waals surface area contributed by atoms with Gasteiger partial charge in [0, 0.05) is 39.3 Å². The molecule has 2 aromatic heterocycles. The SMILES string of the molecule is CC1=CC(c2nnc3n2CCCC3)=CC=CC1NC(=O)c1cc2c(cc1F)CCN(C(=O)c1ccccn1)C2.[HH]. The number of benzene rings is 1. The molecule has 6 rings (SSSR count). The number of aryl methyl sites for hydroxylation is 1. The van der Waals surface area contributed by atoms with E-state index in [1.165, 1.54) is 6.07 Å². The molecular formula is C30H31FN6O2. The summed E-state index contributed by atoms with van der Waals surface area (Å²) in [5, 5.41) is 11.7. The van der Waals surface area contributed by atoms with E-state index >= 15 is 4.39 Å². The van der Waals surface area contributed by atoms with Gasteiger partial charge in [0.2, 0.25) is 0 Å². The molecule has 1 N–H and O–H groups in total. The fraction of sp³-hybridized carbons (Fsp3) is 0.300. The summed E-state index contributed by atoms with van der Waals surface area (Å²) >= 11 is 0. The molecule has 0 bridgehead atoms. The number of allylic oxidation sites excluding steroid dienone is 4. The Bertz CT molecular complexity index is 1540. The van der Waals surface area contributed by atoms with Gasteiger partial charge in [0.15, 0.2) is 5.82 Å². The molecule has 2 amide bonds. The molecule has 1 unspecified atom stereocenters. The summed E-state index contributed by atoms with van der Waals surface area (Å²) in [4.78, 5) is 32.0. The summed E-state index contributed by atoms with van der Waals surface area (Å²) < 4.78 is 17.2. The Hall–Kier alpha value is -4.40. The molecule has 9 heteroatoms. The van der Waals surface area contributed by atoms with Gasteiger partial charge in [-0.1, -0.05) is 24.3 Å². The lowest BCUT2D eigenvalue weighted by atomic mass is 9.96. The van der Waals surface area contributed by atoms with Gasteiger partial charge in [-0.05, 0) is 73.2 Å². The van der Waals surface area contributed by atoms with E-state index in [0.29, 0.717) is 25.2 Å². The van der Waals surface area contributed by atoms with Crippen LogP contribution in [0.1, 0.15) is 64.8 Å². The zero-order chi connectivity index (χ0) is 26.9. The van der Waals surface area contributed by atoms with Crippen LogP contribution in [0, 0.1) is 5.82 Å². The molecular weight excluding hydrogens is 495 g/mol. The van der Waals surface area contributed by atoms with Gasteiger partial charge >= 0.3 is 0 Å². The minimum Gasteiger partial charge on any atom is -0.342 e. The monoisotopic (exact) mass is 526 g/mol. The van der Waals surface area contributed by atoms with Crippen molar-refractivity contribution in [1.29, 1.82) is 0 Å². The molecule has 0 saturated carbocycles. The number of pyridine rings is 1. The second kappa shape index (κ2) is 10.4. The molecule has 39 heavy (non-hydrogen) atoms. The zero-order valence-electron chi connectivity index (χ0n) is 21.7. The fourth-order valence-corrected chi connectivity index (χ4v) is 5.43. The van der Waals surface area contributed by atoms with Crippen LogP contribution in [0.15, 0.2) is 66.4 Å². The fourth-order valence-electron chi connectivity index (χ4n) is 5.43. The van der Waals surface area contributed by atoms with Crippen molar-refractivity contribution in [1.82, 2.24) is 30.0 Å². The van der Waals surface area contributed by atoms with Gasteiger partial charge < -0.3 is 14.8 Å². The molecule has 8 nitrogen and oxygen atoms in total. The molecule has 0 radical (unpaired) electrons. The van der Waals surface area contributed by atoms with Crippen LogP contribution < -0.4 is 5.32 Å². The second-order valence-corrected chi connectivity index (χ2v) is 10.2. The summed E-state index contributed by atoms with van der Waals surface area (Å²) in [6.07, 6.45) is 13.0. The lowest BCUT2D eigenvalue weighted by molar-refractivity contribution is 0.0728. The summed E-state index contributed by atoms with van der Waals surface area (Å²) in [6.45, 7) is 3.60. The number of nitrogens with one attached hydrogen (secondary N) is 1. The van der Waals surface area contributed by atoms with E-state index in [4.69, 9.17) is 0 Å². The van der Waals surface area contributed by atoms with E-state index in [2.05, 4.69) is 25.1 Å². The quantitative estimate of drug-likeness (QED) is 0.548. The van der Waals surface area contributed by atoms with Gasteiger partial charge in [0.05, 0.1) is 11.6 Å². The number of carbonyl (C=O) groups is 2. The van der Waals surface area contributed by atoms with E-state index in [1.54, 1.807) is 35.4 Å². The van der Waals surface area contributed by atoms with Crippen molar-refractivity contribution < 1.29 is 15.4 Å². The third-order valence-corrected chi connectivity index (χ3v) is 7.57. The molecule has 1 aliphatic carbocycles. The van der Waals surface area contributed by atoms with Crippen LogP contribution in [0.3, 0.4) is 0 Å². The molecule has 0 spiro atoms. The van der Waals surface area contributed by atoms with Gasteiger partial charge in [-0.3, -0.25) is 14.6 Å². The summed E-state index contributed by atoms with van der Waals surface area (Å²) in [5.74, 6) is 0.576. The predicted molar refractivity (Wildman–Crippen MR) is 146 cm³/mol. The number of nitrogens with zero attached hydrogens (tertiary/aromatic N) is 5. The third-order valence-electron chi connectivity index (χ3n) is 7.57. The average molecular weight is 527 g/mol. The van der Waals surface area contributed by atoms with Crippen LogP contribution in [-0.2, 0) is 25.9 Å². The summed E-state index contributed by atoms with van der Waals surface area (Å²) in [7, 11) is 0. The van der Waals surface area contributed by atoms with Gasteiger partial charge in [-0.15, -0.1) is 10.2 Å². The van der Waals surface area contributed by atoms with E-state index in [0.717, 1.165) is 59.7 Å². The highest BCUT2D eigenvalue weighted by atomic mass is 19.1. The smallest absolute Gasteiger partial charge is 0.272 e. The molecule has 0 fully saturated rings. The maximum atomic E-state index is 15.1. The van der Waals surface area contributed by atoms with Crippen LogP contribution in [0.2, 0.25) is 0 Å². The van der Waals surface area contributed by atoms with Crippen molar-refractivity contribution in [3.8, 4) is 0 Å². The number of amides is 2. The Labute approximate surface area is 227 Å². The molecule has 3 aromatic rings. The van der Waals surface area contributed by atoms with Crippen molar-refractivity contribution >= 4 is 17.4 Å². The Morgan fingerprint density at radius 2 is 2.00 bits per heavy atom. The van der Waals surface area contributed by atoms with E-state index in [-0.39, 0.29) is 12.9 Å². The van der Waals surface area contributed by atoms with E-state index in [1.807, 2.05) is 31.2 Å². The first-order valence-electron chi connectivity index (χ1n) is 13.3. The topological polar surface area (TPSA) is 93.0 Å². The van der Waals surface area contributed by atoms with E-state index < -0.39 is 17.8 Å². The zero-order valence-corrected chi connectivity index (χ0v) is 21.7. The van der Waals surface area contributed by atoms with E-state index in [9.17, 15) is 9.59 Å². The van der Waals surface area contributed by atoms with Crippen molar-refractivity contribution in [2.24, 2.45) is 0 Å². The first-order valence-corrected chi connectivity index (χ1v) is 13.3. The largest absolute Gasteiger partial charge is 0.342 e. The molecule has 2 aliphatic heterocycles. The Balaban J connectivity index is 0.00000323. The van der Waals surface area contributed by atoms with Crippen molar-refractivity contribution in [2.75, 3.05) is 6.54 Å². The van der Waals surface area contributed by atoms with Crippen LogP contribution in [0.5, 0.6) is 0 Å². The molecule has 0 saturated heterocycles. The molecule has 1 atom stereocenters. The summed E-state index contributed by atoms with van der Waals surface area (Å²) in [6, 6.07) is 7.79. The number of aromatic nitrogens is 4. The maximum Gasteiger partial charge on any atom is 0.272 e. The van der Waals surface area contributed by atoms with Gasteiger partial charge in [0.25, 0.3) is 11.8 Å². The molecule has 3 aliphatic rings. The lowest BCUT2D eigenvalue weighted by Crippen LogP contribution is -2.37. The lowest BCUT2D eigenvalue weighted by Gasteiger charge is -2.29. The number of halogens is 1. The minimum atomic E-state index is -0.566. The molecule has 200 valence electrons. The number of fused-ring (bicyclic) bond motifs is 2. The number of rotatable bonds is 4. The number of hydrogen-bond acceptors (Lipinski definition) is 5. The first kappa shape index (κ1) is 24.9. The third kappa shape index (κ3) is 4.92. The summed E-state index contributed by atoms with van der Waals surface area (Å²) in [5.41, 5.74) is 3.74. The van der Waals surface area contributed by atoms with Crippen molar-refractivity contribution in [3.63, 3.8) is 0 Å². The second-order valence-electron chi connectivity index (χ2n) is 10.2. The highest BCUT2D eigenvalue weighted by Crippen LogP contribution is 2.26. The van der Waals surface area contributed by atoms with Crippen molar-refractivity contribution in [3.05, 3.63) is 106 Å². The normalized spacial score (nSPS) is 18.4. The Kier molecular flexibility index (Phi) is 6.64. The molecule has 4 heterocycles. The Morgan fingerprint density at radius 3 is 2.85 bits per heavy atom. The first-order chi connectivity index (χ1) is 19.0. The van der Waals surface area contributed by atoms with Crippen LogP contribution in [0.25, 0.3) is 5.57 Å². The average Bonchev–Trinajstić information content (AvgIpc) is 3.31. The number of carbonyl (C=O) groups excluding carboxylic acids is 2. The maximum absolute atomic E-state index is 15.1.